The van der Waals surface area contributed by atoms with Crippen LogP contribution in [0.25, 0.3) is 0 Å². The summed E-state index contributed by atoms with van der Waals surface area (Å²) in [5.74, 6) is -1.31. The van der Waals surface area contributed by atoms with Crippen molar-refractivity contribution in [3.05, 3.63) is 178 Å². The number of halogens is 12. The van der Waals surface area contributed by atoms with Gasteiger partial charge in [0.25, 0.3) is 17.7 Å². The maximum absolute atomic E-state index is 13.7. The molecule has 3 heterocycles. The Balaban J connectivity index is 0.000000414. The maximum atomic E-state index is 13.7. The second-order valence-corrected chi connectivity index (χ2v) is 18.4. The Bertz CT molecular complexity index is 3220. The van der Waals surface area contributed by atoms with Crippen LogP contribution in [0.15, 0.2) is 128 Å². The number of carbonyl (C=O) groups is 3. The van der Waals surface area contributed by atoms with Gasteiger partial charge in [-0.05, 0) is 79.5 Å². The monoisotopic (exact) mass is 1270 g/mol. The second-order valence-electron chi connectivity index (χ2n) is 15.6. The van der Waals surface area contributed by atoms with Crippen molar-refractivity contribution in [1.82, 2.24) is 45.9 Å². The third-order valence-corrected chi connectivity index (χ3v) is 12.5. The van der Waals surface area contributed by atoms with Gasteiger partial charge in [0.05, 0.1) is 47.3 Å². The number of hydrogen-bond donors (Lipinski definition) is 7. The second kappa shape index (κ2) is 35.3. The molecule has 7 rings (SSSR count). The summed E-state index contributed by atoms with van der Waals surface area (Å²) in [7, 11) is 3.13. The number of amides is 3. The fourth-order valence-corrected chi connectivity index (χ4v) is 8.33. The number of aromatic nitrogens is 6. The third kappa shape index (κ3) is 24.1. The summed E-state index contributed by atoms with van der Waals surface area (Å²) in [4.78, 5) is 55.0. The molecular weight excluding hydrogens is 1210 g/mol. The van der Waals surface area contributed by atoms with Gasteiger partial charge in [0.2, 0.25) is 11.2 Å². The van der Waals surface area contributed by atoms with Crippen LogP contribution in [0.5, 0.6) is 0 Å². The minimum atomic E-state index is -4.74. The molecule has 8 N–H and O–H groups in total. The van der Waals surface area contributed by atoms with Crippen molar-refractivity contribution < 1.29 is 67.5 Å². The van der Waals surface area contributed by atoms with Crippen molar-refractivity contribution in [2.24, 2.45) is 0 Å². The molecule has 3 amide bonds. The zero-order valence-corrected chi connectivity index (χ0v) is 48.6. The lowest BCUT2D eigenvalue weighted by molar-refractivity contribution is -0.138. The molecule has 0 radical (unpaired) electrons. The molecule has 3 aromatic heterocycles. The molecule has 0 unspecified atom stereocenters. The molecule has 0 saturated heterocycles. The first-order valence-corrected chi connectivity index (χ1v) is 27.2. The SMILES string of the molecule is CCOP(=O)(Cc1ccc(Nc2ncc(C(F)(F)F)c(Nc3ccccc3C(=O)NC)n2)cc1)OCC.CCl.CNC(=O)c1ccccc1N.CNC(=O)c1ccccc1NC.FC(F)(F)c1cnc(Cl)nc1Cl.FC(F)(F)c1cncnc1. The Hall–Kier alpha value is -7.88. The number of nitrogens with zero attached hydrogens (tertiary/aromatic N) is 6. The van der Waals surface area contributed by atoms with Crippen LogP contribution in [-0.2, 0) is 38.3 Å². The number of alkyl halides is 10. The predicted molar refractivity (Wildman–Crippen MR) is 304 cm³/mol. The number of para-hydroxylation sites is 3. The Morgan fingerprint density at radius 3 is 1.50 bits per heavy atom. The average Bonchev–Trinajstić information content (AvgIpc) is 3.40. The number of nitrogen functional groups attached to an aromatic ring is 1. The Morgan fingerprint density at radius 1 is 0.583 bits per heavy atom. The Kier molecular flexibility index (Phi) is 30.4. The minimum absolute atomic E-state index is 0.0695. The van der Waals surface area contributed by atoms with Crippen LogP contribution in [0.1, 0.15) is 67.2 Å². The first kappa shape index (κ1) is 72.2. The van der Waals surface area contributed by atoms with Crippen molar-refractivity contribution in [2.45, 2.75) is 38.5 Å². The van der Waals surface area contributed by atoms with Gasteiger partial charge in [0, 0.05) is 76.4 Å². The molecule has 0 aliphatic rings. The number of nitrogens with two attached hydrogens (primary N) is 1. The number of nitrogens with one attached hydrogen (secondary N) is 6. The van der Waals surface area contributed by atoms with Gasteiger partial charge in [-0.3, -0.25) is 18.9 Å². The summed E-state index contributed by atoms with van der Waals surface area (Å²) in [5, 5.41) is 14.9. The fourth-order valence-electron chi connectivity index (χ4n) is 6.21. The molecular formula is C52H56Cl3F9N13O6P. The van der Waals surface area contributed by atoms with E-state index in [1.54, 1.807) is 102 Å². The standard InChI is InChI=1S/C24H27F3N5O4P.C9H12N2O.C8H10N2O.C5HCl2F3N2.C5H3F3N2.CH3Cl/c1-4-35-37(34,36-5-2)15-16-10-12-17(13-11-16)30-23-29-14-19(24(25,26)27)21(32-23)31-20-9-7-6-8-18(20)22(33)28-3;1-10-8-6-4-3-5-7(8)9(12)11-2;1-10-8(11)6-4-2-3-5-7(6)9;6-3-2(5(8,9)10)1-11-4(7)12-3;6-5(7,8)4-1-9-3-10-2-4;1-2/h6-14H,4-5,15H2,1-3H3,(H,28,33)(H2,29,30,31,32);3-6,10H,1-2H3,(H,11,12);2-5H,9H2,1H3,(H,10,11);1H;1-3H;1H3. The van der Waals surface area contributed by atoms with E-state index in [0.717, 1.165) is 24.4 Å². The van der Waals surface area contributed by atoms with Crippen LogP contribution in [0.2, 0.25) is 10.4 Å². The number of carbonyl (C=O) groups excluding carboxylic acids is 3. The highest BCUT2D eigenvalue weighted by Gasteiger charge is 2.36. The van der Waals surface area contributed by atoms with Crippen LogP contribution in [0.3, 0.4) is 0 Å². The van der Waals surface area contributed by atoms with Gasteiger partial charge in [0.15, 0.2) is 0 Å². The van der Waals surface area contributed by atoms with Gasteiger partial charge in [-0.1, -0.05) is 60.1 Å². The first-order chi connectivity index (χ1) is 39.6. The van der Waals surface area contributed by atoms with Gasteiger partial charge in [0.1, 0.15) is 28.4 Å². The van der Waals surface area contributed by atoms with E-state index in [1.165, 1.54) is 25.6 Å². The lowest BCUT2D eigenvalue weighted by Crippen LogP contribution is -2.20. The maximum Gasteiger partial charge on any atom is 0.421 e. The van der Waals surface area contributed by atoms with Crippen LogP contribution in [0.4, 0.5) is 74.0 Å². The number of benzene rings is 4. The molecule has 454 valence electrons. The summed E-state index contributed by atoms with van der Waals surface area (Å²) in [6.45, 7) is 3.93. The van der Waals surface area contributed by atoms with E-state index in [0.29, 0.717) is 40.5 Å². The van der Waals surface area contributed by atoms with E-state index < -0.39 is 59.7 Å². The van der Waals surface area contributed by atoms with Crippen molar-refractivity contribution in [1.29, 1.82) is 0 Å². The summed E-state index contributed by atoms with van der Waals surface area (Å²) < 4.78 is 135. The zero-order valence-electron chi connectivity index (χ0n) is 45.4. The molecule has 7 aromatic rings. The van der Waals surface area contributed by atoms with Crippen molar-refractivity contribution in [3.63, 3.8) is 0 Å². The number of anilines is 6. The lowest BCUT2D eigenvalue weighted by Gasteiger charge is -2.17. The fraction of sp³-hybridized carbons (Fsp3) is 0.250. The van der Waals surface area contributed by atoms with Gasteiger partial charge >= 0.3 is 26.1 Å². The number of rotatable bonds is 14. The summed E-state index contributed by atoms with van der Waals surface area (Å²) in [6, 6.07) is 27.1. The van der Waals surface area contributed by atoms with E-state index in [9.17, 15) is 58.5 Å². The first-order valence-electron chi connectivity index (χ1n) is 23.9. The molecule has 0 fully saturated rings. The Morgan fingerprint density at radius 2 is 1.05 bits per heavy atom. The van der Waals surface area contributed by atoms with Crippen molar-refractivity contribution in [2.75, 3.05) is 69.5 Å². The van der Waals surface area contributed by atoms with Crippen molar-refractivity contribution >= 4 is 94.6 Å². The van der Waals surface area contributed by atoms with Gasteiger partial charge < -0.3 is 46.7 Å². The molecule has 0 atom stereocenters. The van der Waals surface area contributed by atoms with Crippen LogP contribution >= 0.6 is 42.4 Å². The normalized spacial score (nSPS) is 10.8. The molecule has 0 saturated carbocycles. The molecule has 0 aliphatic heterocycles. The highest BCUT2D eigenvalue weighted by Crippen LogP contribution is 2.51. The van der Waals surface area contributed by atoms with E-state index in [1.807, 2.05) is 18.2 Å². The summed E-state index contributed by atoms with van der Waals surface area (Å²) in [6.07, 6.45) is -8.35. The van der Waals surface area contributed by atoms with Gasteiger partial charge in [-0.25, -0.2) is 24.9 Å². The van der Waals surface area contributed by atoms with E-state index in [-0.39, 0.29) is 53.7 Å². The smallest absolute Gasteiger partial charge is 0.398 e. The van der Waals surface area contributed by atoms with Crippen LogP contribution < -0.4 is 37.6 Å². The number of hydrogen-bond acceptors (Lipinski definition) is 16. The molecule has 4 aromatic carbocycles. The quantitative estimate of drug-likeness (QED) is 0.0133. The van der Waals surface area contributed by atoms with E-state index in [4.69, 9.17) is 38.0 Å². The summed E-state index contributed by atoms with van der Waals surface area (Å²) in [5.41, 5.74) is 6.55. The molecule has 19 nitrogen and oxygen atoms in total. The largest absolute Gasteiger partial charge is 0.421 e. The Labute approximate surface area is 491 Å². The molecule has 84 heavy (non-hydrogen) atoms. The highest BCUT2D eigenvalue weighted by atomic mass is 35.5. The molecule has 0 bridgehead atoms. The summed E-state index contributed by atoms with van der Waals surface area (Å²) >= 11 is 15.0. The minimum Gasteiger partial charge on any atom is -0.398 e. The zero-order chi connectivity index (χ0) is 63.3. The average molecular weight is 1270 g/mol. The van der Waals surface area contributed by atoms with Crippen molar-refractivity contribution in [3.8, 4) is 0 Å². The molecule has 32 heteroatoms. The topological polar surface area (TPSA) is 262 Å². The third-order valence-electron chi connectivity index (χ3n) is 9.99. The van der Waals surface area contributed by atoms with Gasteiger partial charge in [-0.2, -0.15) is 44.5 Å². The highest BCUT2D eigenvalue weighted by molar-refractivity contribution is 7.53. The van der Waals surface area contributed by atoms with E-state index in [2.05, 4.69) is 73.4 Å². The molecule has 0 spiro atoms. The predicted octanol–water partition coefficient (Wildman–Crippen LogP) is 13.0. The van der Waals surface area contributed by atoms with E-state index >= 15 is 0 Å². The van der Waals surface area contributed by atoms with Gasteiger partial charge in [-0.15, -0.1) is 11.6 Å². The molecule has 0 aliphatic carbocycles. The van der Waals surface area contributed by atoms with Crippen LogP contribution in [-0.4, -0.2) is 95.4 Å². The van der Waals surface area contributed by atoms with Crippen LogP contribution in [0, 0.1) is 0 Å². The lowest BCUT2D eigenvalue weighted by atomic mass is 10.1.